The molecule has 386 valence electrons. The Labute approximate surface area is 472 Å². The second kappa shape index (κ2) is 23.3. The van der Waals surface area contributed by atoms with E-state index in [1.54, 1.807) is 0 Å². The van der Waals surface area contributed by atoms with Gasteiger partial charge in [0.2, 0.25) is 0 Å². The molecule has 0 N–H and O–H groups in total. The van der Waals surface area contributed by atoms with Crippen LogP contribution in [0.25, 0.3) is 47.6 Å². The molecule has 0 aromatic heterocycles. The van der Waals surface area contributed by atoms with Gasteiger partial charge < -0.3 is 14.7 Å². The van der Waals surface area contributed by atoms with Gasteiger partial charge in [-0.2, -0.15) is 0 Å². The van der Waals surface area contributed by atoms with Gasteiger partial charge in [0.05, 0.1) is 0 Å². The second-order valence-electron chi connectivity index (χ2n) is 20.4. The average molecular weight is 1030 g/mol. The molecule has 3 heteroatoms. The molecule has 12 rings (SSSR count). The van der Waals surface area contributed by atoms with Crippen molar-refractivity contribution in [2.45, 2.75) is 32.1 Å². The van der Waals surface area contributed by atoms with Crippen LogP contribution in [0.4, 0.5) is 51.2 Å². The molecular weight excluding hydrogens is 967 g/mol. The van der Waals surface area contributed by atoms with Gasteiger partial charge in [0.1, 0.15) is 0 Å². The highest BCUT2D eigenvalue weighted by Crippen LogP contribution is 2.55. The van der Waals surface area contributed by atoms with Crippen LogP contribution < -0.4 is 14.7 Å². The van der Waals surface area contributed by atoms with E-state index in [2.05, 4.69) is 350 Å². The Bertz CT molecular complexity index is 3790. The molecule has 1 aliphatic rings. The quantitative estimate of drug-likeness (QED) is 0.0842. The Morgan fingerprint density at radius 2 is 0.537 bits per heavy atom. The van der Waals surface area contributed by atoms with Crippen LogP contribution in [-0.2, 0) is 5.41 Å². The van der Waals surface area contributed by atoms with Crippen LogP contribution in [0.3, 0.4) is 0 Å². The predicted octanol–water partition coefficient (Wildman–Crippen LogP) is 21.7. The van der Waals surface area contributed by atoms with Crippen molar-refractivity contribution in [3.63, 3.8) is 0 Å². The van der Waals surface area contributed by atoms with Gasteiger partial charge in [-0.25, -0.2) is 0 Å². The summed E-state index contributed by atoms with van der Waals surface area (Å²) in [5.41, 5.74) is 22.4. The molecule has 0 saturated heterocycles. The number of para-hydroxylation sites is 6. The fourth-order valence-corrected chi connectivity index (χ4v) is 11.6. The highest BCUT2D eigenvalue weighted by atomic mass is 15.2. The van der Waals surface area contributed by atoms with E-state index in [4.69, 9.17) is 0 Å². The molecule has 3 nitrogen and oxygen atoms in total. The first-order chi connectivity index (χ1) is 39.5. The molecule has 0 bridgehead atoms. The van der Waals surface area contributed by atoms with Gasteiger partial charge in [-0.1, -0.05) is 220 Å². The number of benzene rings is 11. The third-order valence-corrected chi connectivity index (χ3v) is 15.7. The van der Waals surface area contributed by atoms with Crippen LogP contribution in [0.1, 0.15) is 71.2 Å². The summed E-state index contributed by atoms with van der Waals surface area (Å²) < 4.78 is 0. The maximum atomic E-state index is 2.47. The zero-order valence-corrected chi connectivity index (χ0v) is 45.4. The van der Waals surface area contributed by atoms with Crippen LogP contribution >= 0.6 is 0 Å². The fraction of sp³-hybridized carbons (Fsp3) is 0.0649. The SMILES string of the molecule is CCC1(CC)c2cc(/C=C/c3ccc(N(c4ccccc4)c4ccccc4)cc3)ccc2-c2c(/C=C/c3ccc(N(c4ccccc4)c4ccccc4)cc3)cc(/C=C/c3ccc(N(c4ccccc4)c4ccccc4)cc3)cc21. The van der Waals surface area contributed by atoms with Crippen LogP contribution in [0.2, 0.25) is 0 Å². The van der Waals surface area contributed by atoms with Crippen LogP contribution in [-0.4, -0.2) is 0 Å². The normalized spacial score (nSPS) is 12.4. The highest BCUT2D eigenvalue weighted by molar-refractivity contribution is 5.93. The van der Waals surface area contributed by atoms with Crippen LogP contribution in [0, 0.1) is 0 Å². The standard InChI is InChI=1S/C77H63N3/c1-3-77(4-2)74-56-61(37-35-58-40-48-70(49-41-58)78(64-23-11-5-12-24-64)65-25-13-6-14-26-65)46-54-73(74)76-63(47-39-60-44-52-72(53-45-60)80(68-31-19-9-20-32-68)69-33-21-10-22-34-69)55-62(57-75(76)77)38-36-59-42-50-71(51-43-59)79(66-27-15-7-16-28-66)67-29-17-8-18-30-67/h5-57H,3-4H2,1-2H3/b37-35+,38-36+,47-39+. The summed E-state index contributed by atoms with van der Waals surface area (Å²) in [6.45, 7) is 4.73. The third-order valence-electron chi connectivity index (χ3n) is 15.7. The number of anilines is 9. The molecule has 11 aromatic rings. The molecule has 11 aromatic carbocycles. The molecule has 1 aliphatic carbocycles. The Morgan fingerprint density at radius 3 is 0.875 bits per heavy atom. The highest BCUT2D eigenvalue weighted by Gasteiger charge is 2.41. The van der Waals surface area contributed by atoms with Crippen molar-refractivity contribution in [2.75, 3.05) is 14.7 Å². The number of rotatable bonds is 17. The van der Waals surface area contributed by atoms with Crippen molar-refractivity contribution < 1.29 is 0 Å². The minimum atomic E-state index is -0.166. The topological polar surface area (TPSA) is 9.72 Å². The Hall–Kier alpha value is -9.96. The van der Waals surface area contributed by atoms with Gasteiger partial charge in [-0.3, -0.25) is 0 Å². The fourth-order valence-electron chi connectivity index (χ4n) is 11.6. The summed E-state index contributed by atoms with van der Waals surface area (Å²) in [4.78, 5) is 6.92. The molecule has 0 amide bonds. The van der Waals surface area contributed by atoms with Crippen molar-refractivity contribution in [2.24, 2.45) is 0 Å². The van der Waals surface area contributed by atoms with E-state index in [1.165, 1.54) is 38.9 Å². The number of nitrogens with zero attached hydrogens (tertiary/aromatic N) is 3. The molecule has 0 fully saturated rings. The first kappa shape index (κ1) is 50.8. The predicted molar refractivity (Wildman–Crippen MR) is 343 cm³/mol. The molecule has 0 heterocycles. The Kier molecular flexibility index (Phi) is 14.8. The molecule has 0 aliphatic heterocycles. The molecule has 0 atom stereocenters. The summed E-state index contributed by atoms with van der Waals surface area (Å²) >= 11 is 0. The summed E-state index contributed by atoms with van der Waals surface area (Å²) in [6.07, 6.45) is 15.7. The molecule has 80 heavy (non-hydrogen) atoms. The number of hydrogen-bond acceptors (Lipinski definition) is 3. The number of fused-ring (bicyclic) bond motifs is 3. The first-order valence-corrected chi connectivity index (χ1v) is 27.9. The molecule has 0 unspecified atom stereocenters. The van der Waals surface area contributed by atoms with Crippen molar-refractivity contribution in [3.8, 4) is 11.1 Å². The maximum absolute atomic E-state index is 2.47. The van der Waals surface area contributed by atoms with E-state index in [-0.39, 0.29) is 5.41 Å². The Balaban J connectivity index is 0.887. The smallest absolute Gasteiger partial charge is 0.0462 e. The minimum Gasteiger partial charge on any atom is -0.311 e. The Morgan fingerprint density at radius 1 is 0.263 bits per heavy atom. The average Bonchev–Trinajstić information content (AvgIpc) is 3.96. The maximum Gasteiger partial charge on any atom is 0.0462 e. The minimum absolute atomic E-state index is 0.166. The van der Waals surface area contributed by atoms with Crippen LogP contribution in [0.5, 0.6) is 0 Å². The van der Waals surface area contributed by atoms with Gasteiger partial charge in [-0.15, -0.1) is 0 Å². The van der Waals surface area contributed by atoms with Crippen molar-refractivity contribution in [1.29, 1.82) is 0 Å². The lowest BCUT2D eigenvalue weighted by Crippen LogP contribution is -2.23. The van der Waals surface area contributed by atoms with Gasteiger partial charge in [0.15, 0.2) is 0 Å². The van der Waals surface area contributed by atoms with Gasteiger partial charge in [-0.05, 0) is 184 Å². The van der Waals surface area contributed by atoms with Gasteiger partial charge >= 0.3 is 0 Å². The molecule has 0 saturated carbocycles. The lowest BCUT2D eigenvalue weighted by atomic mass is 9.73. The summed E-state index contributed by atoms with van der Waals surface area (Å²) in [5.74, 6) is 0. The second-order valence-corrected chi connectivity index (χ2v) is 20.4. The summed E-state index contributed by atoms with van der Waals surface area (Å²) in [6, 6.07) is 102. The third kappa shape index (κ3) is 10.6. The zero-order valence-electron chi connectivity index (χ0n) is 45.4. The van der Waals surface area contributed by atoms with Crippen molar-refractivity contribution in [1.82, 2.24) is 0 Å². The van der Waals surface area contributed by atoms with E-state index >= 15 is 0 Å². The monoisotopic (exact) mass is 1030 g/mol. The summed E-state index contributed by atoms with van der Waals surface area (Å²) in [7, 11) is 0. The molecule has 0 radical (unpaired) electrons. The van der Waals surface area contributed by atoms with Crippen LogP contribution in [0.15, 0.2) is 285 Å². The van der Waals surface area contributed by atoms with E-state index in [9.17, 15) is 0 Å². The largest absolute Gasteiger partial charge is 0.311 e. The lowest BCUT2D eigenvalue weighted by Gasteiger charge is -2.30. The molecular formula is C77H63N3. The first-order valence-electron chi connectivity index (χ1n) is 27.9. The van der Waals surface area contributed by atoms with E-state index in [0.29, 0.717) is 0 Å². The van der Waals surface area contributed by atoms with Crippen molar-refractivity contribution in [3.05, 3.63) is 330 Å². The zero-order chi connectivity index (χ0) is 54.1. The van der Waals surface area contributed by atoms with E-state index < -0.39 is 0 Å². The lowest BCUT2D eigenvalue weighted by molar-refractivity contribution is 0.490. The van der Waals surface area contributed by atoms with E-state index in [0.717, 1.165) is 80.7 Å². The van der Waals surface area contributed by atoms with Gasteiger partial charge in [0.25, 0.3) is 0 Å². The van der Waals surface area contributed by atoms with Gasteiger partial charge in [0, 0.05) is 56.6 Å². The van der Waals surface area contributed by atoms with Crippen molar-refractivity contribution >= 4 is 87.6 Å². The number of hydrogen-bond donors (Lipinski definition) is 0. The van der Waals surface area contributed by atoms with E-state index in [1.807, 2.05) is 0 Å². The molecule has 0 spiro atoms. The summed E-state index contributed by atoms with van der Waals surface area (Å²) in [5, 5.41) is 0.